The molecule has 0 fully saturated rings. The molecule has 0 spiro atoms. The molecule has 1 heterocycles. The smallest absolute Gasteiger partial charge is 0.0575 e. The molecular formula is C12H23N3O. The van der Waals surface area contributed by atoms with Gasteiger partial charge in [-0.05, 0) is 31.9 Å². The van der Waals surface area contributed by atoms with Gasteiger partial charge in [0.25, 0.3) is 0 Å². The van der Waals surface area contributed by atoms with Gasteiger partial charge >= 0.3 is 0 Å². The van der Waals surface area contributed by atoms with Crippen molar-refractivity contribution in [2.75, 3.05) is 6.54 Å². The van der Waals surface area contributed by atoms with Crippen LogP contribution in [0.3, 0.4) is 0 Å². The van der Waals surface area contributed by atoms with Gasteiger partial charge in [0.05, 0.1) is 11.8 Å². The van der Waals surface area contributed by atoms with E-state index in [1.807, 2.05) is 30.8 Å². The number of nitrogens with zero attached hydrogens (tertiary/aromatic N) is 2. The van der Waals surface area contributed by atoms with Crippen molar-refractivity contribution in [1.82, 2.24) is 15.1 Å². The molecule has 0 bridgehead atoms. The van der Waals surface area contributed by atoms with Crippen molar-refractivity contribution < 1.29 is 5.11 Å². The van der Waals surface area contributed by atoms with E-state index in [4.69, 9.17) is 0 Å². The molecule has 4 heteroatoms. The molecule has 0 aromatic carbocycles. The maximum Gasteiger partial charge on any atom is 0.0575 e. The SMILES string of the molecule is CCn1nccc1CNCCC(O)C(C)C. The number of nitrogens with one attached hydrogen (secondary N) is 1. The van der Waals surface area contributed by atoms with Crippen LogP contribution in [0.1, 0.15) is 32.9 Å². The highest BCUT2D eigenvalue weighted by molar-refractivity contribution is 4.99. The Labute approximate surface area is 97.7 Å². The lowest BCUT2D eigenvalue weighted by molar-refractivity contribution is 0.116. The highest BCUT2D eigenvalue weighted by Gasteiger charge is 2.08. The highest BCUT2D eigenvalue weighted by Crippen LogP contribution is 2.04. The summed E-state index contributed by atoms with van der Waals surface area (Å²) in [5.74, 6) is 0.336. The molecule has 0 saturated carbocycles. The third-order valence-electron chi connectivity index (χ3n) is 2.80. The lowest BCUT2D eigenvalue weighted by atomic mass is 10.0. The first-order valence-electron chi connectivity index (χ1n) is 6.04. The van der Waals surface area contributed by atoms with E-state index in [2.05, 4.69) is 17.3 Å². The van der Waals surface area contributed by atoms with Crippen LogP contribution in [0, 0.1) is 5.92 Å². The van der Waals surface area contributed by atoms with E-state index in [1.54, 1.807) is 0 Å². The molecule has 4 nitrogen and oxygen atoms in total. The molecule has 2 N–H and O–H groups in total. The molecule has 1 unspecified atom stereocenters. The number of aromatic nitrogens is 2. The Hall–Kier alpha value is -0.870. The Balaban J connectivity index is 2.21. The van der Waals surface area contributed by atoms with Gasteiger partial charge in [-0.25, -0.2) is 0 Å². The minimum Gasteiger partial charge on any atom is -0.393 e. The van der Waals surface area contributed by atoms with Gasteiger partial charge in [-0.15, -0.1) is 0 Å². The fourth-order valence-corrected chi connectivity index (χ4v) is 1.59. The van der Waals surface area contributed by atoms with Crippen molar-refractivity contribution in [3.63, 3.8) is 0 Å². The van der Waals surface area contributed by atoms with E-state index in [9.17, 15) is 5.11 Å². The number of aryl methyl sites for hydroxylation is 1. The van der Waals surface area contributed by atoms with Crippen molar-refractivity contribution in [2.24, 2.45) is 5.92 Å². The molecule has 0 amide bonds. The third kappa shape index (κ3) is 3.94. The van der Waals surface area contributed by atoms with Gasteiger partial charge in [0.1, 0.15) is 0 Å². The Morgan fingerprint density at radius 1 is 1.50 bits per heavy atom. The summed E-state index contributed by atoms with van der Waals surface area (Å²) in [4.78, 5) is 0. The summed E-state index contributed by atoms with van der Waals surface area (Å²) in [7, 11) is 0. The van der Waals surface area contributed by atoms with Crippen molar-refractivity contribution >= 4 is 0 Å². The van der Waals surface area contributed by atoms with E-state index in [0.29, 0.717) is 5.92 Å². The first-order valence-corrected chi connectivity index (χ1v) is 6.04. The molecule has 92 valence electrons. The maximum atomic E-state index is 9.63. The normalized spacial score (nSPS) is 13.3. The maximum absolute atomic E-state index is 9.63. The largest absolute Gasteiger partial charge is 0.393 e. The van der Waals surface area contributed by atoms with Gasteiger partial charge in [-0.2, -0.15) is 5.10 Å². The van der Waals surface area contributed by atoms with Crippen LogP contribution < -0.4 is 5.32 Å². The summed E-state index contributed by atoms with van der Waals surface area (Å²) in [6, 6.07) is 2.02. The molecule has 0 aliphatic carbocycles. The van der Waals surface area contributed by atoms with E-state index in [0.717, 1.165) is 26.1 Å². The van der Waals surface area contributed by atoms with Crippen molar-refractivity contribution in [3.05, 3.63) is 18.0 Å². The van der Waals surface area contributed by atoms with Crippen molar-refractivity contribution in [3.8, 4) is 0 Å². The Kier molecular flexibility index (Phi) is 5.49. The molecule has 1 rings (SSSR count). The Morgan fingerprint density at radius 3 is 2.88 bits per heavy atom. The number of hydrogen-bond acceptors (Lipinski definition) is 3. The van der Waals surface area contributed by atoms with Crippen LogP contribution in [-0.4, -0.2) is 27.5 Å². The van der Waals surface area contributed by atoms with Crippen molar-refractivity contribution in [1.29, 1.82) is 0 Å². The molecule has 1 aromatic rings. The van der Waals surface area contributed by atoms with Gasteiger partial charge < -0.3 is 10.4 Å². The average molecular weight is 225 g/mol. The van der Waals surface area contributed by atoms with Crippen LogP contribution in [0.15, 0.2) is 12.3 Å². The Morgan fingerprint density at radius 2 is 2.25 bits per heavy atom. The fourth-order valence-electron chi connectivity index (χ4n) is 1.59. The predicted molar refractivity (Wildman–Crippen MR) is 65.1 cm³/mol. The zero-order chi connectivity index (χ0) is 12.0. The number of aliphatic hydroxyl groups is 1. The van der Waals surface area contributed by atoms with Gasteiger partial charge in [0, 0.05) is 19.3 Å². The first kappa shape index (κ1) is 13.2. The molecule has 0 aliphatic heterocycles. The number of hydrogen-bond donors (Lipinski definition) is 2. The lowest BCUT2D eigenvalue weighted by Crippen LogP contribution is -2.24. The second kappa shape index (κ2) is 6.66. The summed E-state index contributed by atoms with van der Waals surface area (Å²) >= 11 is 0. The molecular weight excluding hydrogens is 202 g/mol. The van der Waals surface area contributed by atoms with Crippen molar-refractivity contribution in [2.45, 2.75) is 46.4 Å². The van der Waals surface area contributed by atoms with Crippen LogP contribution in [0.4, 0.5) is 0 Å². The van der Waals surface area contributed by atoms with Gasteiger partial charge in [-0.1, -0.05) is 13.8 Å². The zero-order valence-corrected chi connectivity index (χ0v) is 10.5. The third-order valence-corrected chi connectivity index (χ3v) is 2.80. The quantitative estimate of drug-likeness (QED) is 0.690. The average Bonchev–Trinajstić information content (AvgIpc) is 2.71. The second-order valence-electron chi connectivity index (χ2n) is 4.42. The Bertz CT molecular complexity index is 296. The standard InChI is InChI=1S/C12H23N3O/c1-4-15-11(5-8-14-15)9-13-7-6-12(16)10(2)3/h5,8,10,12-13,16H,4,6-7,9H2,1-3H3. The summed E-state index contributed by atoms with van der Waals surface area (Å²) < 4.78 is 1.98. The fraction of sp³-hybridized carbons (Fsp3) is 0.750. The predicted octanol–water partition coefficient (Wildman–Crippen LogP) is 1.40. The number of rotatable bonds is 7. The zero-order valence-electron chi connectivity index (χ0n) is 10.5. The monoisotopic (exact) mass is 225 g/mol. The van der Waals surface area contributed by atoms with Gasteiger partial charge in [0.2, 0.25) is 0 Å². The van der Waals surface area contributed by atoms with Gasteiger partial charge in [-0.3, -0.25) is 4.68 Å². The van der Waals surface area contributed by atoms with E-state index < -0.39 is 0 Å². The summed E-state index contributed by atoms with van der Waals surface area (Å²) in [6.45, 7) is 8.72. The van der Waals surface area contributed by atoms with E-state index in [1.165, 1.54) is 5.69 Å². The molecule has 1 aromatic heterocycles. The minimum absolute atomic E-state index is 0.205. The van der Waals surface area contributed by atoms with Crippen LogP contribution in [0.5, 0.6) is 0 Å². The van der Waals surface area contributed by atoms with Crippen LogP contribution >= 0.6 is 0 Å². The highest BCUT2D eigenvalue weighted by atomic mass is 16.3. The van der Waals surface area contributed by atoms with E-state index in [-0.39, 0.29) is 6.10 Å². The molecule has 0 radical (unpaired) electrons. The molecule has 16 heavy (non-hydrogen) atoms. The second-order valence-corrected chi connectivity index (χ2v) is 4.42. The number of aliphatic hydroxyl groups excluding tert-OH is 1. The minimum atomic E-state index is -0.205. The molecule has 0 saturated heterocycles. The molecule has 1 atom stereocenters. The topological polar surface area (TPSA) is 50.1 Å². The van der Waals surface area contributed by atoms with E-state index >= 15 is 0 Å². The van der Waals surface area contributed by atoms with Gasteiger partial charge in [0.15, 0.2) is 0 Å². The lowest BCUT2D eigenvalue weighted by Gasteiger charge is -2.14. The van der Waals surface area contributed by atoms with Crippen LogP contribution in [0.2, 0.25) is 0 Å². The first-order chi connectivity index (χ1) is 7.65. The molecule has 0 aliphatic rings. The summed E-state index contributed by atoms with van der Waals surface area (Å²) in [5, 5.41) is 17.2. The van der Waals surface area contributed by atoms with Crippen LogP contribution in [0.25, 0.3) is 0 Å². The van der Waals surface area contributed by atoms with Crippen LogP contribution in [-0.2, 0) is 13.1 Å². The summed E-state index contributed by atoms with van der Waals surface area (Å²) in [5.41, 5.74) is 1.20. The summed E-state index contributed by atoms with van der Waals surface area (Å²) in [6.07, 6.45) is 2.42.